The number of likely N-dealkylation sites (N-methyl/N-ethyl adjacent to an activating group) is 1. The molecule has 4 fully saturated rings. The fraction of sp³-hybridized carbons (Fsp3) is 0.500. The van der Waals surface area contributed by atoms with Crippen molar-refractivity contribution in [2.75, 3.05) is 12.4 Å². The number of aromatic amines is 1. The van der Waals surface area contributed by atoms with E-state index in [1.807, 2.05) is 24.3 Å². The Balaban J connectivity index is 1.14. The van der Waals surface area contributed by atoms with E-state index in [1.165, 1.54) is 30.3 Å². The maximum Gasteiger partial charge on any atom is 0.274 e. The second-order valence-electron chi connectivity index (χ2n) is 13.3. The molecule has 4 bridgehead atoms. The Bertz CT molecular complexity index is 1680. The van der Waals surface area contributed by atoms with Crippen molar-refractivity contribution < 1.29 is 24.3 Å². The number of nitrogens with one attached hydrogen (secondary N) is 5. The first-order chi connectivity index (χ1) is 22.1. The predicted molar refractivity (Wildman–Crippen MR) is 172 cm³/mol. The van der Waals surface area contributed by atoms with Crippen molar-refractivity contribution >= 4 is 40.2 Å². The molecule has 12 nitrogen and oxygen atoms in total. The molecule has 1 aromatic carbocycles. The number of amides is 4. The van der Waals surface area contributed by atoms with Crippen LogP contribution in [0.25, 0.3) is 10.9 Å². The van der Waals surface area contributed by atoms with Gasteiger partial charge in [-0.1, -0.05) is 18.2 Å². The van der Waals surface area contributed by atoms with Crippen LogP contribution in [0.5, 0.6) is 0 Å². The molecule has 244 valence electrons. The zero-order chi connectivity index (χ0) is 32.5. The highest BCUT2D eigenvalue weighted by atomic mass is 16.3. The van der Waals surface area contributed by atoms with Gasteiger partial charge in [-0.05, 0) is 99.3 Å². The van der Waals surface area contributed by atoms with Crippen LogP contribution in [0.3, 0.4) is 0 Å². The number of carbonyl (C=O) groups is 4. The Morgan fingerprint density at radius 1 is 0.957 bits per heavy atom. The molecule has 0 saturated heterocycles. The third-order valence-corrected chi connectivity index (χ3v) is 10.2. The van der Waals surface area contributed by atoms with Crippen molar-refractivity contribution in [3.63, 3.8) is 0 Å². The van der Waals surface area contributed by atoms with Crippen molar-refractivity contribution in [2.45, 2.75) is 76.6 Å². The zero-order valence-electron chi connectivity index (χ0n) is 26.2. The van der Waals surface area contributed by atoms with Gasteiger partial charge in [-0.15, -0.1) is 0 Å². The number of hydrogen-bond donors (Lipinski definition) is 6. The van der Waals surface area contributed by atoms with Crippen LogP contribution in [0, 0.1) is 30.6 Å². The van der Waals surface area contributed by atoms with Gasteiger partial charge in [0.25, 0.3) is 11.5 Å². The highest BCUT2D eigenvalue weighted by Crippen LogP contribution is 2.53. The first-order valence-electron chi connectivity index (χ1n) is 16.2. The predicted octanol–water partition coefficient (Wildman–Crippen LogP) is 2.20. The Kier molecular flexibility index (Phi) is 8.99. The molecular weight excluding hydrogens is 588 g/mol. The molecule has 6 N–H and O–H groups in total. The number of hydrogen-bond acceptors (Lipinski definition) is 6. The second kappa shape index (κ2) is 13.1. The van der Waals surface area contributed by atoms with E-state index >= 15 is 0 Å². The maximum atomic E-state index is 13.5. The summed E-state index contributed by atoms with van der Waals surface area (Å²) in [5.74, 6) is 0.486. The van der Waals surface area contributed by atoms with Gasteiger partial charge in [-0.3, -0.25) is 24.0 Å². The van der Waals surface area contributed by atoms with E-state index in [0.717, 1.165) is 48.4 Å². The largest absolute Gasteiger partial charge is 0.383 e. The van der Waals surface area contributed by atoms with Crippen LogP contribution in [0.1, 0.15) is 61.0 Å². The number of nitrogens with zero attached hydrogens (tertiary/aromatic N) is 1. The number of H-pyrrole nitrogens is 1. The first-order valence-corrected chi connectivity index (χ1v) is 16.2. The van der Waals surface area contributed by atoms with Crippen LogP contribution in [-0.2, 0) is 20.9 Å². The lowest BCUT2D eigenvalue weighted by atomic mass is 9.54. The fourth-order valence-corrected chi connectivity index (χ4v) is 8.15. The monoisotopic (exact) mass is 630 g/mol. The second-order valence-corrected chi connectivity index (χ2v) is 13.3. The smallest absolute Gasteiger partial charge is 0.274 e. The summed E-state index contributed by atoms with van der Waals surface area (Å²) >= 11 is 0. The van der Waals surface area contributed by atoms with Crippen LogP contribution in [0.2, 0.25) is 0 Å². The van der Waals surface area contributed by atoms with E-state index in [4.69, 9.17) is 0 Å². The van der Waals surface area contributed by atoms with Gasteiger partial charge >= 0.3 is 0 Å². The summed E-state index contributed by atoms with van der Waals surface area (Å²) in [6.45, 7) is 1.62. The number of pyridine rings is 1. The van der Waals surface area contributed by atoms with E-state index in [1.54, 1.807) is 13.0 Å². The fourth-order valence-electron chi connectivity index (χ4n) is 8.15. The van der Waals surface area contributed by atoms with Gasteiger partial charge in [0.15, 0.2) is 0 Å². The number of benzene rings is 1. The molecule has 2 aromatic heterocycles. The maximum absolute atomic E-state index is 13.5. The number of aromatic nitrogens is 2. The number of aryl methyl sites for hydroxylation is 1. The molecule has 46 heavy (non-hydrogen) atoms. The SMILES string of the molecule is CNC(=O)C(O)CC[C@H](NC(=O)c1[nH]c2ccccc2c1C)C(=O)Nc1cccn(CC(=O)NC2C3CC4CC(C3)CC2C4)c1=O. The van der Waals surface area contributed by atoms with Gasteiger partial charge in [0, 0.05) is 30.2 Å². The lowest BCUT2D eigenvalue weighted by Crippen LogP contribution is -2.56. The third-order valence-electron chi connectivity index (χ3n) is 10.2. The number of fused-ring (bicyclic) bond motifs is 1. The molecule has 0 aliphatic heterocycles. The van der Waals surface area contributed by atoms with E-state index in [-0.39, 0.29) is 42.7 Å². The summed E-state index contributed by atoms with van der Waals surface area (Å²) in [6, 6.07) is 9.39. The number of carbonyl (C=O) groups excluding carboxylic acids is 4. The number of aliphatic hydroxyl groups is 1. The summed E-state index contributed by atoms with van der Waals surface area (Å²) in [5, 5.41) is 22.0. The highest BCUT2D eigenvalue weighted by Gasteiger charge is 2.48. The van der Waals surface area contributed by atoms with E-state index in [9.17, 15) is 29.1 Å². The number of para-hydroxylation sites is 1. The lowest BCUT2D eigenvalue weighted by Gasteiger charge is -2.54. The van der Waals surface area contributed by atoms with Crippen LogP contribution in [-0.4, -0.2) is 63.5 Å². The molecule has 3 aromatic rings. The van der Waals surface area contributed by atoms with E-state index in [2.05, 4.69) is 26.3 Å². The van der Waals surface area contributed by atoms with Gasteiger partial charge in [0.1, 0.15) is 30.1 Å². The number of anilines is 1. The van der Waals surface area contributed by atoms with Crippen LogP contribution >= 0.6 is 0 Å². The average molecular weight is 631 g/mol. The molecule has 4 aliphatic rings. The van der Waals surface area contributed by atoms with Gasteiger partial charge in [0.05, 0.1) is 0 Å². The van der Waals surface area contributed by atoms with Crippen LogP contribution < -0.4 is 26.8 Å². The van der Waals surface area contributed by atoms with E-state index in [0.29, 0.717) is 17.4 Å². The first kappa shape index (κ1) is 31.5. The molecule has 4 saturated carbocycles. The molecule has 0 radical (unpaired) electrons. The van der Waals surface area contributed by atoms with Crippen molar-refractivity contribution in [3.05, 3.63) is 64.2 Å². The minimum atomic E-state index is -1.39. The molecule has 7 rings (SSSR count). The molecular formula is C34H42N6O6. The Morgan fingerprint density at radius 3 is 2.33 bits per heavy atom. The van der Waals surface area contributed by atoms with Gasteiger partial charge < -0.3 is 35.9 Å². The molecule has 0 spiro atoms. The third kappa shape index (κ3) is 6.44. The van der Waals surface area contributed by atoms with Crippen molar-refractivity contribution in [2.24, 2.45) is 23.7 Å². The van der Waals surface area contributed by atoms with Crippen molar-refractivity contribution in [1.82, 2.24) is 25.5 Å². The average Bonchev–Trinajstić information content (AvgIpc) is 3.38. The minimum absolute atomic E-state index is 0.0529. The van der Waals surface area contributed by atoms with Gasteiger partial charge in [-0.25, -0.2) is 0 Å². The van der Waals surface area contributed by atoms with Crippen LogP contribution in [0.15, 0.2) is 47.4 Å². The van der Waals surface area contributed by atoms with Crippen molar-refractivity contribution in [1.29, 1.82) is 0 Å². The number of rotatable bonds is 11. The Labute approximate surface area is 266 Å². The molecule has 4 aliphatic carbocycles. The molecule has 2 atom stereocenters. The summed E-state index contributed by atoms with van der Waals surface area (Å²) in [6.07, 6.45) is 5.89. The summed E-state index contributed by atoms with van der Waals surface area (Å²) in [4.78, 5) is 68.4. The van der Waals surface area contributed by atoms with E-state index < -0.39 is 35.4 Å². The standard InChI is InChI=1S/C34H42N6O6/c1-18-23-6-3-4-7-24(23)36-29(18)33(45)37-25(9-10-27(41)32(44)35-2)31(43)38-26-8-5-11-40(34(26)46)17-28(42)39-30-21-13-19-12-20(15-21)16-22(30)14-19/h3-8,11,19-22,25,27,30,36,41H,9-10,12-17H2,1-2H3,(H,35,44)(H,37,45)(H,38,43)(H,39,42)/t19?,20?,21?,22?,25-,27?,30?/m0/s1. The molecule has 2 heterocycles. The van der Waals surface area contributed by atoms with Gasteiger partial charge in [0.2, 0.25) is 17.7 Å². The highest BCUT2D eigenvalue weighted by molar-refractivity contribution is 6.04. The summed E-state index contributed by atoms with van der Waals surface area (Å²) in [5.41, 5.74) is 1.13. The Morgan fingerprint density at radius 2 is 1.65 bits per heavy atom. The molecule has 4 amide bonds. The summed E-state index contributed by atoms with van der Waals surface area (Å²) in [7, 11) is 1.39. The topological polar surface area (TPSA) is 174 Å². The van der Waals surface area contributed by atoms with Gasteiger partial charge in [-0.2, -0.15) is 0 Å². The molecule has 12 heteroatoms. The van der Waals surface area contributed by atoms with Crippen molar-refractivity contribution in [3.8, 4) is 0 Å². The summed E-state index contributed by atoms with van der Waals surface area (Å²) < 4.78 is 1.26. The van der Waals surface area contributed by atoms with Crippen LogP contribution in [0.4, 0.5) is 5.69 Å². The quantitative estimate of drug-likeness (QED) is 0.189. The minimum Gasteiger partial charge on any atom is -0.383 e. The Hall–Kier alpha value is -4.45. The normalized spacial score (nSPS) is 24.3. The molecule has 1 unspecified atom stereocenters. The number of aliphatic hydroxyl groups excluding tert-OH is 1. The zero-order valence-corrected chi connectivity index (χ0v) is 26.2. The lowest BCUT2D eigenvalue weighted by molar-refractivity contribution is -0.129.